The summed E-state index contributed by atoms with van der Waals surface area (Å²) in [6.07, 6.45) is 5.15. The Bertz CT molecular complexity index is 537. The highest BCUT2D eigenvalue weighted by Gasteiger charge is 2.32. The molecule has 2 aliphatic rings. The van der Waals surface area contributed by atoms with Gasteiger partial charge < -0.3 is 14.5 Å². The van der Waals surface area contributed by atoms with Crippen molar-refractivity contribution in [3.05, 3.63) is 17.0 Å². The van der Waals surface area contributed by atoms with Crippen LogP contribution in [-0.2, 0) is 17.6 Å². The van der Waals surface area contributed by atoms with Crippen LogP contribution < -0.4 is 0 Å². The molecule has 3 rings (SSSR count). The molecule has 20 heavy (non-hydrogen) atoms. The number of hydrogen-bond acceptors (Lipinski definition) is 4. The van der Waals surface area contributed by atoms with E-state index in [0.717, 1.165) is 43.4 Å². The molecular formula is C14H18N2O4. The van der Waals surface area contributed by atoms with E-state index in [9.17, 15) is 9.59 Å². The zero-order valence-electron chi connectivity index (χ0n) is 11.3. The van der Waals surface area contributed by atoms with Crippen molar-refractivity contribution in [2.75, 3.05) is 13.1 Å². The Balaban J connectivity index is 1.78. The average molecular weight is 278 g/mol. The molecule has 1 saturated heterocycles. The number of carboxylic acid groups (broad SMARTS) is 1. The molecule has 0 aromatic carbocycles. The summed E-state index contributed by atoms with van der Waals surface area (Å²) in [7, 11) is 0. The van der Waals surface area contributed by atoms with Gasteiger partial charge in [-0.15, -0.1) is 0 Å². The summed E-state index contributed by atoms with van der Waals surface area (Å²) in [6, 6.07) is 0. The zero-order valence-corrected chi connectivity index (χ0v) is 11.3. The normalized spacial score (nSPS) is 22.4. The van der Waals surface area contributed by atoms with Gasteiger partial charge in [0.25, 0.3) is 5.91 Å². The van der Waals surface area contributed by atoms with Gasteiger partial charge in [0.15, 0.2) is 5.69 Å². The van der Waals surface area contributed by atoms with Crippen LogP contribution in [0.3, 0.4) is 0 Å². The van der Waals surface area contributed by atoms with Gasteiger partial charge in [0.05, 0.1) is 5.92 Å². The van der Waals surface area contributed by atoms with Gasteiger partial charge in [-0.3, -0.25) is 9.59 Å². The summed E-state index contributed by atoms with van der Waals surface area (Å²) in [5, 5.41) is 13.0. The molecule has 0 bridgehead atoms. The van der Waals surface area contributed by atoms with Crippen molar-refractivity contribution in [2.45, 2.75) is 38.5 Å². The first-order chi connectivity index (χ1) is 9.66. The third-order valence-electron chi connectivity index (χ3n) is 4.21. The molecule has 6 heteroatoms. The highest BCUT2D eigenvalue weighted by Crippen LogP contribution is 2.26. The van der Waals surface area contributed by atoms with Crippen LogP contribution in [0.2, 0.25) is 0 Å². The topological polar surface area (TPSA) is 83.6 Å². The minimum Gasteiger partial charge on any atom is -0.481 e. The highest BCUT2D eigenvalue weighted by molar-refractivity contribution is 5.94. The Morgan fingerprint density at radius 1 is 1.25 bits per heavy atom. The number of fused-ring (bicyclic) bond motifs is 1. The number of hydrogen-bond donors (Lipinski definition) is 1. The van der Waals surface area contributed by atoms with E-state index in [1.807, 2.05) is 0 Å². The van der Waals surface area contributed by atoms with Crippen molar-refractivity contribution in [2.24, 2.45) is 5.92 Å². The number of carbonyl (C=O) groups excluding carboxylic acids is 1. The molecule has 0 saturated carbocycles. The Labute approximate surface area is 116 Å². The number of likely N-dealkylation sites (tertiary alicyclic amines) is 1. The summed E-state index contributed by atoms with van der Waals surface area (Å²) in [4.78, 5) is 25.2. The SMILES string of the molecule is O=C(O)C1CCCN(C(=O)c2noc3c2CCCC3)C1. The quantitative estimate of drug-likeness (QED) is 0.886. The Kier molecular flexibility index (Phi) is 3.46. The van der Waals surface area contributed by atoms with E-state index in [1.54, 1.807) is 4.90 Å². The minimum atomic E-state index is -0.829. The van der Waals surface area contributed by atoms with Crippen LogP contribution in [0.5, 0.6) is 0 Å². The lowest BCUT2D eigenvalue weighted by Gasteiger charge is -2.30. The molecule has 0 radical (unpaired) electrons. The van der Waals surface area contributed by atoms with Crippen molar-refractivity contribution in [1.82, 2.24) is 10.1 Å². The number of nitrogens with zero attached hydrogens (tertiary/aromatic N) is 2. The molecule has 1 amide bonds. The Morgan fingerprint density at radius 3 is 2.85 bits per heavy atom. The number of piperidine rings is 1. The van der Waals surface area contributed by atoms with Crippen molar-refractivity contribution in [3.63, 3.8) is 0 Å². The van der Waals surface area contributed by atoms with Crippen LogP contribution in [0, 0.1) is 5.92 Å². The third-order valence-corrected chi connectivity index (χ3v) is 4.21. The summed E-state index contributed by atoms with van der Waals surface area (Å²) in [5.41, 5.74) is 1.32. The molecule has 1 unspecified atom stereocenters. The maximum absolute atomic E-state index is 12.5. The maximum Gasteiger partial charge on any atom is 0.308 e. The van der Waals surface area contributed by atoms with Gasteiger partial charge in [-0.05, 0) is 32.1 Å². The molecule has 2 heterocycles. The van der Waals surface area contributed by atoms with E-state index in [-0.39, 0.29) is 12.5 Å². The van der Waals surface area contributed by atoms with Gasteiger partial charge in [-0.2, -0.15) is 0 Å². The van der Waals surface area contributed by atoms with Gasteiger partial charge in [0.1, 0.15) is 5.76 Å². The first-order valence-electron chi connectivity index (χ1n) is 7.16. The molecule has 1 aromatic rings. The second-order valence-electron chi connectivity index (χ2n) is 5.57. The number of carboxylic acids is 1. The summed E-state index contributed by atoms with van der Waals surface area (Å²) in [6.45, 7) is 0.875. The number of aromatic nitrogens is 1. The fourth-order valence-corrected chi connectivity index (χ4v) is 3.07. The summed E-state index contributed by atoms with van der Waals surface area (Å²) < 4.78 is 5.26. The van der Waals surface area contributed by atoms with E-state index in [1.165, 1.54) is 0 Å². The van der Waals surface area contributed by atoms with E-state index < -0.39 is 11.9 Å². The fraction of sp³-hybridized carbons (Fsp3) is 0.643. The van der Waals surface area contributed by atoms with E-state index >= 15 is 0 Å². The molecule has 1 fully saturated rings. The molecule has 1 aliphatic heterocycles. The monoisotopic (exact) mass is 278 g/mol. The van der Waals surface area contributed by atoms with Crippen molar-refractivity contribution < 1.29 is 19.2 Å². The van der Waals surface area contributed by atoms with Crippen molar-refractivity contribution >= 4 is 11.9 Å². The lowest BCUT2D eigenvalue weighted by Crippen LogP contribution is -2.42. The molecule has 108 valence electrons. The molecule has 1 atom stereocenters. The lowest BCUT2D eigenvalue weighted by atomic mass is 9.94. The largest absolute Gasteiger partial charge is 0.481 e. The van der Waals surface area contributed by atoms with Gasteiger partial charge in [0, 0.05) is 25.1 Å². The summed E-state index contributed by atoms with van der Waals surface area (Å²) >= 11 is 0. The number of amides is 1. The van der Waals surface area contributed by atoms with Crippen LogP contribution in [0.15, 0.2) is 4.52 Å². The minimum absolute atomic E-state index is 0.178. The smallest absolute Gasteiger partial charge is 0.308 e. The Morgan fingerprint density at radius 2 is 2.05 bits per heavy atom. The predicted octanol–water partition coefficient (Wildman–Crippen LogP) is 1.49. The standard InChI is InChI=1S/C14H18N2O4/c17-13(16-7-3-4-9(8-16)14(18)19)12-10-5-1-2-6-11(10)20-15-12/h9H,1-8H2,(H,18,19). The van der Waals surface area contributed by atoms with Gasteiger partial charge in [-0.25, -0.2) is 0 Å². The molecule has 1 N–H and O–H groups in total. The second-order valence-corrected chi connectivity index (χ2v) is 5.57. The van der Waals surface area contributed by atoms with Gasteiger partial charge in [0.2, 0.25) is 0 Å². The van der Waals surface area contributed by atoms with Crippen LogP contribution in [0.25, 0.3) is 0 Å². The van der Waals surface area contributed by atoms with Crippen LogP contribution in [0.1, 0.15) is 47.5 Å². The van der Waals surface area contributed by atoms with E-state index in [2.05, 4.69) is 5.16 Å². The van der Waals surface area contributed by atoms with Gasteiger partial charge in [-0.1, -0.05) is 5.16 Å². The van der Waals surface area contributed by atoms with Crippen LogP contribution >= 0.6 is 0 Å². The number of rotatable bonds is 2. The third kappa shape index (κ3) is 2.30. The molecule has 6 nitrogen and oxygen atoms in total. The first-order valence-corrected chi connectivity index (χ1v) is 7.16. The predicted molar refractivity (Wildman–Crippen MR) is 69.4 cm³/mol. The lowest BCUT2D eigenvalue weighted by molar-refractivity contribution is -0.143. The second kappa shape index (κ2) is 5.26. The molecule has 1 aliphatic carbocycles. The summed E-state index contributed by atoms with van der Waals surface area (Å²) in [5.74, 6) is -0.644. The maximum atomic E-state index is 12.5. The zero-order chi connectivity index (χ0) is 14.1. The van der Waals surface area contributed by atoms with Gasteiger partial charge >= 0.3 is 5.97 Å². The van der Waals surface area contributed by atoms with Crippen LogP contribution in [0.4, 0.5) is 0 Å². The number of carbonyl (C=O) groups is 2. The average Bonchev–Trinajstić information content (AvgIpc) is 2.90. The van der Waals surface area contributed by atoms with Crippen molar-refractivity contribution in [1.29, 1.82) is 0 Å². The number of aliphatic carboxylic acids is 1. The van der Waals surface area contributed by atoms with Crippen molar-refractivity contribution in [3.8, 4) is 0 Å². The highest BCUT2D eigenvalue weighted by atomic mass is 16.5. The molecular weight excluding hydrogens is 260 g/mol. The fourth-order valence-electron chi connectivity index (χ4n) is 3.07. The molecule has 0 spiro atoms. The molecule has 1 aromatic heterocycles. The number of aryl methyl sites for hydroxylation is 1. The van der Waals surface area contributed by atoms with Crippen LogP contribution in [-0.4, -0.2) is 40.1 Å². The van der Waals surface area contributed by atoms with E-state index in [4.69, 9.17) is 9.63 Å². The first kappa shape index (κ1) is 13.1. The Hall–Kier alpha value is -1.85. The van der Waals surface area contributed by atoms with E-state index in [0.29, 0.717) is 18.7 Å².